The Morgan fingerprint density at radius 2 is 2.31 bits per heavy atom. The van der Waals surface area contributed by atoms with Crippen molar-refractivity contribution >= 4 is 23.1 Å². The molecule has 0 saturated heterocycles. The van der Waals surface area contributed by atoms with Crippen molar-refractivity contribution in [2.45, 2.75) is 22.2 Å². The predicted molar refractivity (Wildman–Crippen MR) is 70.2 cm³/mol. The van der Waals surface area contributed by atoms with E-state index in [1.54, 1.807) is 23.1 Å². The lowest BCUT2D eigenvalue weighted by molar-refractivity contribution is 0.649. The molecule has 0 aliphatic carbocycles. The predicted octanol–water partition coefficient (Wildman–Crippen LogP) is 3.57. The Morgan fingerprint density at radius 3 is 3.00 bits per heavy atom. The summed E-state index contributed by atoms with van der Waals surface area (Å²) < 4.78 is 1.28. The summed E-state index contributed by atoms with van der Waals surface area (Å²) in [6.07, 6.45) is 1.87. The number of hydrogen-bond acceptors (Lipinski definition) is 4. The lowest BCUT2D eigenvalue weighted by Crippen LogP contribution is -2.12. The first-order chi connectivity index (χ1) is 7.79. The zero-order valence-electron chi connectivity index (χ0n) is 9.31. The van der Waals surface area contributed by atoms with E-state index in [0.717, 1.165) is 5.03 Å². The third-order valence-electron chi connectivity index (χ3n) is 2.39. The van der Waals surface area contributed by atoms with Gasteiger partial charge in [-0.1, -0.05) is 17.8 Å². The topological polar surface area (TPSA) is 24.9 Å². The molecule has 2 aromatic heterocycles. The standard InChI is InChI=1S/C12H14N2S2/c1-9(13-2)10-5-6-14-11(8-10)16-12-4-3-7-15-12/h3-9,13H,1-2H3. The summed E-state index contributed by atoms with van der Waals surface area (Å²) in [4.78, 5) is 4.37. The van der Waals surface area contributed by atoms with Crippen LogP contribution in [0.15, 0.2) is 45.1 Å². The number of hydrogen-bond donors (Lipinski definition) is 1. The van der Waals surface area contributed by atoms with E-state index in [1.807, 2.05) is 13.2 Å². The minimum Gasteiger partial charge on any atom is -0.313 e. The monoisotopic (exact) mass is 250 g/mol. The van der Waals surface area contributed by atoms with Crippen LogP contribution in [0.1, 0.15) is 18.5 Å². The highest BCUT2D eigenvalue weighted by Crippen LogP contribution is 2.30. The van der Waals surface area contributed by atoms with Crippen molar-refractivity contribution in [2.24, 2.45) is 0 Å². The van der Waals surface area contributed by atoms with E-state index in [1.165, 1.54) is 9.77 Å². The van der Waals surface area contributed by atoms with Gasteiger partial charge in [0.25, 0.3) is 0 Å². The van der Waals surface area contributed by atoms with Crippen LogP contribution < -0.4 is 5.32 Å². The number of aromatic nitrogens is 1. The second-order valence-corrected chi connectivity index (χ2v) is 5.74. The fourth-order valence-electron chi connectivity index (χ4n) is 1.34. The molecule has 2 rings (SSSR count). The minimum atomic E-state index is 0.366. The number of pyridine rings is 1. The molecular weight excluding hydrogens is 236 g/mol. The van der Waals surface area contributed by atoms with E-state index in [-0.39, 0.29) is 0 Å². The van der Waals surface area contributed by atoms with Gasteiger partial charge < -0.3 is 5.32 Å². The van der Waals surface area contributed by atoms with E-state index in [2.05, 4.69) is 46.9 Å². The molecule has 1 unspecified atom stereocenters. The van der Waals surface area contributed by atoms with E-state index in [9.17, 15) is 0 Å². The summed E-state index contributed by atoms with van der Waals surface area (Å²) in [7, 11) is 1.97. The van der Waals surface area contributed by atoms with Gasteiger partial charge in [-0.2, -0.15) is 0 Å². The zero-order chi connectivity index (χ0) is 11.4. The van der Waals surface area contributed by atoms with Gasteiger partial charge in [0.05, 0.1) is 4.21 Å². The van der Waals surface area contributed by atoms with Gasteiger partial charge in [-0.15, -0.1) is 11.3 Å². The third kappa shape index (κ3) is 2.84. The van der Waals surface area contributed by atoms with Gasteiger partial charge in [0.15, 0.2) is 0 Å². The van der Waals surface area contributed by atoms with Crippen LogP contribution in [0.25, 0.3) is 0 Å². The smallest absolute Gasteiger partial charge is 0.102 e. The Bertz CT molecular complexity index is 440. The highest BCUT2D eigenvalue weighted by atomic mass is 32.2. The fourth-order valence-corrected chi connectivity index (χ4v) is 3.07. The molecule has 0 aromatic carbocycles. The Kier molecular flexibility index (Phi) is 3.98. The van der Waals surface area contributed by atoms with Crippen LogP contribution in [-0.4, -0.2) is 12.0 Å². The second-order valence-electron chi connectivity index (χ2n) is 3.47. The molecule has 0 fully saturated rings. The van der Waals surface area contributed by atoms with Gasteiger partial charge in [-0.25, -0.2) is 4.98 Å². The van der Waals surface area contributed by atoms with Gasteiger partial charge >= 0.3 is 0 Å². The van der Waals surface area contributed by atoms with Crippen LogP contribution >= 0.6 is 23.1 Å². The summed E-state index contributed by atoms with van der Waals surface area (Å²) in [5, 5.41) is 6.38. The maximum absolute atomic E-state index is 4.37. The molecule has 0 aliphatic rings. The molecule has 0 radical (unpaired) electrons. The minimum absolute atomic E-state index is 0.366. The van der Waals surface area contributed by atoms with Crippen LogP contribution in [0.2, 0.25) is 0 Å². The first-order valence-electron chi connectivity index (χ1n) is 5.14. The molecule has 0 spiro atoms. The van der Waals surface area contributed by atoms with E-state index < -0.39 is 0 Å². The van der Waals surface area contributed by atoms with Gasteiger partial charge in [-0.3, -0.25) is 0 Å². The summed E-state index contributed by atoms with van der Waals surface area (Å²) in [6.45, 7) is 2.15. The van der Waals surface area contributed by atoms with Crippen molar-refractivity contribution in [3.05, 3.63) is 41.4 Å². The van der Waals surface area contributed by atoms with E-state index in [4.69, 9.17) is 0 Å². The molecule has 4 heteroatoms. The summed E-state index contributed by atoms with van der Waals surface area (Å²) in [5.74, 6) is 0. The summed E-state index contributed by atoms with van der Waals surface area (Å²) in [6, 6.07) is 8.74. The van der Waals surface area contributed by atoms with Crippen molar-refractivity contribution in [3.63, 3.8) is 0 Å². The highest BCUT2D eigenvalue weighted by molar-refractivity contribution is 8.01. The van der Waals surface area contributed by atoms with Crippen LogP contribution in [-0.2, 0) is 0 Å². The SMILES string of the molecule is CNC(C)c1ccnc(Sc2cccs2)c1. The average molecular weight is 250 g/mol. The Morgan fingerprint density at radius 1 is 1.44 bits per heavy atom. The largest absolute Gasteiger partial charge is 0.313 e. The summed E-state index contributed by atoms with van der Waals surface area (Å²) in [5.41, 5.74) is 1.27. The van der Waals surface area contributed by atoms with Crippen molar-refractivity contribution in [1.82, 2.24) is 10.3 Å². The van der Waals surface area contributed by atoms with Crippen molar-refractivity contribution < 1.29 is 0 Å². The molecule has 2 heterocycles. The molecule has 2 aromatic rings. The molecule has 1 atom stereocenters. The van der Waals surface area contributed by atoms with Crippen LogP contribution in [0.5, 0.6) is 0 Å². The van der Waals surface area contributed by atoms with Crippen molar-refractivity contribution in [2.75, 3.05) is 7.05 Å². The molecule has 0 amide bonds. The number of thiophene rings is 1. The van der Waals surface area contributed by atoms with E-state index in [0.29, 0.717) is 6.04 Å². The lowest BCUT2D eigenvalue weighted by atomic mass is 10.1. The lowest BCUT2D eigenvalue weighted by Gasteiger charge is -2.10. The van der Waals surface area contributed by atoms with Gasteiger partial charge in [0.2, 0.25) is 0 Å². The Hall–Kier alpha value is -0.840. The molecule has 1 N–H and O–H groups in total. The molecular formula is C12H14N2S2. The zero-order valence-corrected chi connectivity index (χ0v) is 10.9. The number of nitrogens with one attached hydrogen (secondary N) is 1. The quantitative estimate of drug-likeness (QED) is 0.898. The van der Waals surface area contributed by atoms with Crippen molar-refractivity contribution in [3.8, 4) is 0 Å². The third-order valence-corrected chi connectivity index (χ3v) is 4.36. The highest BCUT2D eigenvalue weighted by Gasteiger charge is 2.05. The van der Waals surface area contributed by atoms with Crippen molar-refractivity contribution in [1.29, 1.82) is 0 Å². The van der Waals surface area contributed by atoms with Gasteiger partial charge in [0.1, 0.15) is 5.03 Å². The molecule has 0 aliphatic heterocycles. The fraction of sp³-hybridized carbons (Fsp3) is 0.250. The maximum Gasteiger partial charge on any atom is 0.102 e. The average Bonchev–Trinajstić information content (AvgIpc) is 2.81. The summed E-state index contributed by atoms with van der Waals surface area (Å²) >= 11 is 3.46. The van der Waals surface area contributed by atoms with Gasteiger partial charge in [0, 0.05) is 12.2 Å². The second kappa shape index (κ2) is 5.48. The first-order valence-corrected chi connectivity index (χ1v) is 6.84. The van der Waals surface area contributed by atoms with E-state index >= 15 is 0 Å². The maximum atomic E-state index is 4.37. The first kappa shape index (κ1) is 11.6. The molecule has 0 saturated carbocycles. The molecule has 2 nitrogen and oxygen atoms in total. The normalized spacial score (nSPS) is 12.6. The number of nitrogens with zero attached hydrogens (tertiary/aromatic N) is 1. The molecule has 16 heavy (non-hydrogen) atoms. The Balaban J connectivity index is 2.16. The Labute approximate surface area is 104 Å². The van der Waals surface area contributed by atoms with Crippen LogP contribution in [0.4, 0.5) is 0 Å². The molecule has 0 bridgehead atoms. The van der Waals surface area contributed by atoms with Gasteiger partial charge in [-0.05, 0) is 43.1 Å². The molecule has 84 valence electrons. The number of rotatable bonds is 4. The van der Waals surface area contributed by atoms with Crippen LogP contribution in [0, 0.1) is 0 Å². The van der Waals surface area contributed by atoms with Crippen LogP contribution in [0.3, 0.4) is 0 Å².